The van der Waals surface area contributed by atoms with Gasteiger partial charge in [-0.25, -0.2) is 0 Å². The van der Waals surface area contributed by atoms with Gasteiger partial charge in [0.2, 0.25) is 11.8 Å². The molecule has 4 aromatic carbocycles. The molecule has 3 amide bonds. The van der Waals surface area contributed by atoms with E-state index in [9.17, 15) is 14.4 Å². The van der Waals surface area contributed by atoms with E-state index < -0.39 is 0 Å². The van der Waals surface area contributed by atoms with Crippen LogP contribution in [-0.2, 0) is 22.6 Å². The zero-order valence-corrected chi connectivity index (χ0v) is 21.9. The third kappa shape index (κ3) is 8.57. The average molecular weight is 521 g/mol. The molecule has 0 atom stereocenters. The Morgan fingerprint density at radius 3 is 1.92 bits per heavy atom. The van der Waals surface area contributed by atoms with Crippen molar-refractivity contribution in [3.05, 3.63) is 126 Å². The van der Waals surface area contributed by atoms with Crippen molar-refractivity contribution in [2.75, 3.05) is 29.5 Å². The zero-order chi connectivity index (χ0) is 27.5. The lowest BCUT2D eigenvalue weighted by molar-refractivity contribution is -0.116. The summed E-state index contributed by atoms with van der Waals surface area (Å²) >= 11 is 0. The Morgan fingerprint density at radius 2 is 1.23 bits per heavy atom. The first-order valence-electron chi connectivity index (χ1n) is 12.8. The first-order chi connectivity index (χ1) is 19.0. The number of aryl methyl sites for hydroxylation is 1. The van der Waals surface area contributed by atoms with E-state index in [1.54, 1.807) is 54.4 Å². The van der Waals surface area contributed by atoms with Crippen LogP contribution in [0.1, 0.15) is 27.9 Å². The van der Waals surface area contributed by atoms with E-state index >= 15 is 0 Å². The molecule has 0 aliphatic rings. The van der Waals surface area contributed by atoms with Crippen molar-refractivity contribution in [1.82, 2.24) is 4.90 Å². The van der Waals surface area contributed by atoms with Crippen LogP contribution in [-0.4, -0.2) is 36.2 Å². The fraction of sp³-hybridized carbons (Fsp3) is 0.156. The molecule has 0 aliphatic carbocycles. The van der Waals surface area contributed by atoms with E-state index in [4.69, 9.17) is 0 Å². The first-order valence-corrected chi connectivity index (χ1v) is 12.8. The molecule has 3 N–H and O–H groups in total. The van der Waals surface area contributed by atoms with Crippen molar-refractivity contribution in [3.8, 4) is 0 Å². The van der Waals surface area contributed by atoms with E-state index in [-0.39, 0.29) is 24.3 Å². The molecule has 0 aliphatic heterocycles. The van der Waals surface area contributed by atoms with E-state index in [1.165, 1.54) is 0 Å². The van der Waals surface area contributed by atoms with Gasteiger partial charge in [0.05, 0.1) is 6.54 Å². The summed E-state index contributed by atoms with van der Waals surface area (Å²) in [6.07, 6.45) is 1.03. The molecule has 0 heterocycles. The number of carbonyl (C=O) groups is 3. The van der Waals surface area contributed by atoms with Gasteiger partial charge in [0, 0.05) is 42.6 Å². The van der Waals surface area contributed by atoms with Crippen LogP contribution < -0.4 is 16.0 Å². The topological polar surface area (TPSA) is 90.5 Å². The number of benzene rings is 4. The predicted octanol–water partition coefficient (Wildman–Crippen LogP) is 5.58. The molecule has 7 nitrogen and oxygen atoms in total. The second-order valence-corrected chi connectivity index (χ2v) is 9.24. The Labute approximate surface area is 228 Å². The molecule has 0 saturated carbocycles. The molecule has 198 valence electrons. The number of amides is 3. The Morgan fingerprint density at radius 1 is 0.641 bits per heavy atom. The van der Waals surface area contributed by atoms with Crippen molar-refractivity contribution in [1.29, 1.82) is 0 Å². The van der Waals surface area contributed by atoms with Gasteiger partial charge in [0.25, 0.3) is 5.91 Å². The van der Waals surface area contributed by atoms with Gasteiger partial charge in [-0.15, -0.1) is 0 Å². The van der Waals surface area contributed by atoms with Gasteiger partial charge in [-0.05, 0) is 53.9 Å². The molecule has 39 heavy (non-hydrogen) atoms. The summed E-state index contributed by atoms with van der Waals surface area (Å²) in [6, 6.07) is 33.8. The second kappa shape index (κ2) is 13.6. The van der Waals surface area contributed by atoms with Gasteiger partial charge in [-0.1, -0.05) is 72.8 Å². The van der Waals surface area contributed by atoms with Crippen molar-refractivity contribution >= 4 is 34.8 Å². The minimum Gasteiger partial charge on any atom is -0.376 e. The van der Waals surface area contributed by atoms with Crippen molar-refractivity contribution in [2.45, 2.75) is 19.4 Å². The van der Waals surface area contributed by atoms with E-state index in [2.05, 4.69) is 16.0 Å². The molecule has 0 fully saturated rings. The maximum Gasteiger partial charge on any atom is 0.253 e. The lowest BCUT2D eigenvalue weighted by atomic mass is 10.1. The first kappa shape index (κ1) is 27.1. The zero-order valence-electron chi connectivity index (χ0n) is 21.9. The van der Waals surface area contributed by atoms with Gasteiger partial charge in [0.15, 0.2) is 0 Å². The van der Waals surface area contributed by atoms with Crippen LogP contribution in [0, 0.1) is 0 Å². The Hall–Kier alpha value is -4.91. The largest absolute Gasteiger partial charge is 0.376 e. The van der Waals surface area contributed by atoms with Gasteiger partial charge in [0.1, 0.15) is 0 Å². The molecule has 0 bridgehead atoms. The highest BCUT2D eigenvalue weighted by molar-refractivity contribution is 5.97. The summed E-state index contributed by atoms with van der Waals surface area (Å²) in [4.78, 5) is 39.5. The molecule has 0 radical (unpaired) electrons. The quantitative estimate of drug-likeness (QED) is 0.241. The van der Waals surface area contributed by atoms with E-state index in [0.29, 0.717) is 42.0 Å². The summed E-state index contributed by atoms with van der Waals surface area (Å²) in [5.74, 6) is -0.442. The van der Waals surface area contributed by atoms with Crippen molar-refractivity contribution in [2.24, 2.45) is 0 Å². The van der Waals surface area contributed by atoms with Crippen molar-refractivity contribution < 1.29 is 14.4 Å². The summed E-state index contributed by atoms with van der Waals surface area (Å²) < 4.78 is 0. The summed E-state index contributed by atoms with van der Waals surface area (Å²) in [6.45, 7) is 0.525. The van der Waals surface area contributed by atoms with Crippen LogP contribution in [0.5, 0.6) is 0 Å². The van der Waals surface area contributed by atoms with Gasteiger partial charge in [-0.3, -0.25) is 14.4 Å². The third-order valence-corrected chi connectivity index (χ3v) is 6.09. The Kier molecular flexibility index (Phi) is 9.45. The Balaban J connectivity index is 1.26. The number of hydrogen-bond acceptors (Lipinski definition) is 4. The lowest BCUT2D eigenvalue weighted by Crippen LogP contribution is -2.26. The van der Waals surface area contributed by atoms with Crippen LogP contribution in [0.3, 0.4) is 0 Å². The highest BCUT2D eigenvalue weighted by atomic mass is 16.2. The molecule has 0 aromatic heterocycles. The minimum absolute atomic E-state index is 0.0190. The Bertz CT molecular complexity index is 1410. The number of nitrogens with one attached hydrogen (secondary N) is 3. The lowest BCUT2D eigenvalue weighted by Gasteiger charge is -2.18. The predicted molar refractivity (Wildman–Crippen MR) is 156 cm³/mol. The third-order valence-electron chi connectivity index (χ3n) is 6.09. The SMILES string of the molecule is CN(Cc1ccccc1)C(=O)c1cccc(NCC(=O)Nc2cccc(NC(=O)CCc3ccccc3)c2)c1. The van der Waals surface area contributed by atoms with Gasteiger partial charge >= 0.3 is 0 Å². The maximum atomic E-state index is 12.9. The maximum absolute atomic E-state index is 12.9. The molecular weight excluding hydrogens is 488 g/mol. The number of rotatable bonds is 11. The fourth-order valence-corrected chi connectivity index (χ4v) is 4.10. The smallest absolute Gasteiger partial charge is 0.253 e. The van der Waals surface area contributed by atoms with E-state index in [0.717, 1.165) is 11.1 Å². The highest BCUT2D eigenvalue weighted by Gasteiger charge is 2.13. The van der Waals surface area contributed by atoms with Crippen LogP contribution in [0.2, 0.25) is 0 Å². The van der Waals surface area contributed by atoms with Crippen LogP contribution >= 0.6 is 0 Å². The molecule has 0 saturated heterocycles. The van der Waals surface area contributed by atoms with E-state index in [1.807, 2.05) is 66.7 Å². The fourth-order valence-electron chi connectivity index (χ4n) is 4.10. The van der Waals surface area contributed by atoms with Crippen LogP contribution in [0.15, 0.2) is 109 Å². The monoisotopic (exact) mass is 520 g/mol. The number of anilines is 3. The standard InChI is InChI=1S/C32H32N4O3/c1-36(23-25-12-6-3-7-13-25)32(39)26-14-8-15-27(20-26)33-22-31(38)35-29-17-9-16-28(21-29)34-30(37)19-18-24-10-4-2-5-11-24/h2-17,20-21,33H,18-19,22-23H2,1H3,(H,34,37)(H,35,38). The number of hydrogen-bond donors (Lipinski definition) is 3. The normalized spacial score (nSPS) is 10.4. The minimum atomic E-state index is -0.250. The average Bonchev–Trinajstić information content (AvgIpc) is 2.96. The molecule has 0 spiro atoms. The summed E-state index contributed by atoms with van der Waals surface area (Å²) in [7, 11) is 1.77. The molecule has 4 aromatic rings. The van der Waals surface area contributed by atoms with Crippen LogP contribution in [0.4, 0.5) is 17.1 Å². The molecule has 7 heteroatoms. The summed E-state index contributed by atoms with van der Waals surface area (Å²) in [5.41, 5.74) is 4.56. The molecule has 0 unspecified atom stereocenters. The number of nitrogens with zero attached hydrogens (tertiary/aromatic N) is 1. The number of carbonyl (C=O) groups excluding carboxylic acids is 3. The van der Waals surface area contributed by atoms with Crippen molar-refractivity contribution in [3.63, 3.8) is 0 Å². The summed E-state index contributed by atoms with van der Waals surface area (Å²) in [5, 5.41) is 8.80. The molecular formula is C32H32N4O3. The van der Waals surface area contributed by atoms with Crippen LogP contribution in [0.25, 0.3) is 0 Å². The van der Waals surface area contributed by atoms with Gasteiger partial charge in [-0.2, -0.15) is 0 Å². The highest BCUT2D eigenvalue weighted by Crippen LogP contribution is 2.17. The molecule has 4 rings (SSSR count). The van der Waals surface area contributed by atoms with Gasteiger partial charge < -0.3 is 20.9 Å². The second-order valence-electron chi connectivity index (χ2n) is 9.24.